The van der Waals surface area contributed by atoms with E-state index in [1.54, 1.807) is 18.1 Å². The van der Waals surface area contributed by atoms with Crippen molar-refractivity contribution in [3.05, 3.63) is 71.1 Å². The first-order valence-corrected chi connectivity index (χ1v) is 11.8. The molecule has 1 saturated carbocycles. The molecule has 4 aliphatic rings. The van der Waals surface area contributed by atoms with Crippen LogP contribution in [0.4, 0.5) is 10.1 Å². The van der Waals surface area contributed by atoms with Crippen molar-refractivity contribution in [1.29, 1.82) is 0 Å². The lowest BCUT2D eigenvalue weighted by Gasteiger charge is -2.40. The van der Waals surface area contributed by atoms with Gasteiger partial charge in [0.15, 0.2) is 5.84 Å². The van der Waals surface area contributed by atoms with E-state index in [9.17, 15) is 4.39 Å². The molecular weight excluding hydrogens is 447 g/mol. The number of aromatic nitrogens is 3. The molecule has 0 bridgehead atoms. The standard InChI is InChI=1S/C26H25FN6O2/c1-16-29-15-33(30-16)22-6-3-17(10-23(22)34-2)9-18-12-25(7-8-25)14-32-24(18)31-35-26(32)13-28-21-11-19(27)4-5-20(21)26/h3-6,9-11,15,28H,7-8,12-14H2,1-2H3. The molecular formula is C26H25FN6O2. The summed E-state index contributed by atoms with van der Waals surface area (Å²) in [4.78, 5) is 12.7. The summed E-state index contributed by atoms with van der Waals surface area (Å²) in [5, 5.41) is 12.3. The summed E-state index contributed by atoms with van der Waals surface area (Å²) in [6.45, 7) is 3.27. The second kappa shape index (κ2) is 7.07. The number of fused-ring (bicyclic) bond motifs is 4. The van der Waals surface area contributed by atoms with Gasteiger partial charge in [-0.2, -0.15) is 5.10 Å². The van der Waals surface area contributed by atoms with Crippen molar-refractivity contribution >= 4 is 17.6 Å². The van der Waals surface area contributed by atoms with E-state index >= 15 is 0 Å². The number of aryl methyl sites for hydroxylation is 1. The Kier molecular flexibility index (Phi) is 4.14. The Morgan fingerprint density at radius 3 is 2.86 bits per heavy atom. The van der Waals surface area contributed by atoms with Gasteiger partial charge < -0.3 is 19.8 Å². The fraction of sp³-hybridized carbons (Fsp3) is 0.346. The predicted molar refractivity (Wildman–Crippen MR) is 129 cm³/mol. The van der Waals surface area contributed by atoms with Crippen molar-refractivity contribution in [3.63, 3.8) is 0 Å². The van der Waals surface area contributed by atoms with Crippen LogP contribution in [0.25, 0.3) is 11.8 Å². The van der Waals surface area contributed by atoms with Gasteiger partial charge in [-0.15, -0.1) is 0 Å². The van der Waals surface area contributed by atoms with Crippen molar-refractivity contribution < 1.29 is 14.0 Å². The number of methoxy groups -OCH3 is 1. The Morgan fingerprint density at radius 1 is 1.20 bits per heavy atom. The average Bonchev–Trinajstić information content (AvgIpc) is 3.17. The summed E-state index contributed by atoms with van der Waals surface area (Å²) in [5.74, 6) is 2.02. The summed E-state index contributed by atoms with van der Waals surface area (Å²) < 4.78 is 21.3. The zero-order valence-corrected chi connectivity index (χ0v) is 19.6. The summed E-state index contributed by atoms with van der Waals surface area (Å²) in [5.41, 5.74) is 4.20. The summed E-state index contributed by atoms with van der Waals surface area (Å²) >= 11 is 0. The van der Waals surface area contributed by atoms with Crippen LogP contribution < -0.4 is 10.1 Å². The van der Waals surface area contributed by atoms with E-state index in [1.807, 2.05) is 25.1 Å². The van der Waals surface area contributed by atoms with Gasteiger partial charge in [0.1, 0.15) is 29.4 Å². The Morgan fingerprint density at radius 2 is 2.09 bits per heavy atom. The maximum atomic E-state index is 13.9. The minimum Gasteiger partial charge on any atom is -0.494 e. The molecule has 4 heterocycles. The first-order chi connectivity index (χ1) is 17.0. The van der Waals surface area contributed by atoms with E-state index < -0.39 is 5.72 Å². The molecule has 1 atom stereocenters. The molecule has 1 aliphatic carbocycles. The molecule has 35 heavy (non-hydrogen) atoms. The number of benzene rings is 2. The Balaban J connectivity index is 1.26. The third kappa shape index (κ3) is 3.07. The highest BCUT2D eigenvalue weighted by Crippen LogP contribution is 2.58. The molecule has 2 aromatic carbocycles. The molecule has 1 saturated heterocycles. The molecule has 1 aromatic heterocycles. The van der Waals surface area contributed by atoms with Gasteiger partial charge in [-0.3, -0.25) is 0 Å². The predicted octanol–water partition coefficient (Wildman–Crippen LogP) is 4.21. The van der Waals surface area contributed by atoms with E-state index in [0.29, 0.717) is 12.4 Å². The zero-order valence-electron chi connectivity index (χ0n) is 19.6. The van der Waals surface area contributed by atoms with Gasteiger partial charge in [0.2, 0.25) is 0 Å². The number of nitrogens with one attached hydrogen (secondary N) is 1. The highest BCUT2D eigenvalue weighted by molar-refractivity contribution is 6.04. The molecule has 8 nitrogen and oxygen atoms in total. The number of piperidine rings is 1. The second-order valence-electron chi connectivity index (χ2n) is 9.93. The lowest BCUT2D eigenvalue weighted by Crippen LogP contribution is -2.52. The van der Waals surface area contributed by atoms with E-state index in [4.69, 9.17) is 9.57 Å². The maximum absolute atomic E-state index is 13.9. The molecule has 1 N–H and O–H groups in total. The van der Waals surface area contributed by atoms with E-state index in [0.717, 1.165) is 52.6 Å². The van der Waals surface area contributed by atoms with Crippen LogP contribution in [-0.2, 0) is 10.6 Å². The fourth-order valence-electron chi connectivity index (χ4n) is 5.60. The van der Waals surface area contributed by atoms with Crippen LogP contribution in [-0.4, -0.2) is 45.7 Å². The number of halogens is 1. The minimum atomic E-state index is -0.736. The number of ether oxygens (including phenoxy) is 1. The molecule has 0 amide bonds. The number of anilines is 1. The second-order valence-corrected chi connectivity index (χ2v) is 9.93. The zero-order chi connectivity index (χ0) is 23.8. The Hall–Kier alpha value is -3.88. The average molecular weight is 473 g/mol. The van der Waals surface area contributed by atoms with Crippen molar-refractivity contribution in [2.75, 3.05) is 25.5 Å². The smallest absolute Gasteiger partial charge is 0.256 e. The van der Waals surface area contributed by atoms with Crippen LogP contribution >= 0.6 is 0 Å². The van der Waals surface area contributed by atoms with Gasteiger partial charge in [-0.25, -0.2) is 14.1 Å². The maximum Gasteiger partial charge on any atom is 0.256 e. The van der Waals surface area contributed by atoms with Crippen LogP contribution in [0.15, 0.2) is 53.5 Å². The SMILES string of the molecule is COc1cc(C=C2CC3(CC3)CN3C2=NOC32CNc3cc(F)ccc32)ccc1-n1cnc(C)n1. The molecule has 3 aromatic rings. The van der Waals surface area contributed by atoms with E-state index in [2.05, 4.69) is 37.6 Å². The topological polar surface area (TPSA) is 76.8 Å². The highest BCUT2D eigenvalue weighted by atomic mass is 19.1. The van der Waals surface area contributed by atoms with Crippen LogP contribution in [0.3, 0.4) is 0 Å². The quantitative estimate of drug-likeness (QED) is 0.615. The van der Waals surface area contributed by atoms with Crippen molar-refractivity contribution in [2.45, 2.75) is 31.9 Å². The largest absolute Gasteiger partial charge is 0.494 e. The van der Waals surface area contributed by atoms with Gasteiger partial charge >= 0.3 is 0 Å². The summed E-state index contributed by atoms with van der Waals surface area (Å²) in [6, 6.07) is 10.9. The lowest BCUT2D eigenvalue weighted by molar-refractivity contribution is -0.0957. The van der Waals surface area contributed by atoms with Crippen LogP contribution in [0.5, 0.6) is 5.75 Å². The summed E-state index contributed by atoms with van der Waals surface area (Å²) in [6.07, 6.45) is 7.19. The van der Waals surface area contributed by atoms with Crippen LogP contribution in [0.2, 0.25) is 0 Å². The molecule has 1 unspecified atom stereocenters. The molecule has 3 aliphatic heterocycles. The molecule has 2 spiro atoms. The first-order valence-electron chi connectivity index (χ1n) is 11.8. The third-order valence-corrected chi connectivity index (χ3v) is 7.60. The highest BCUT2D eigenvalue weighted by Gasteiger charge is 2.59. The number of nitrogens with zero attached hydrogens (tertiary/aromatic N) is 5. The summed E-state index contributed by atoms with van der Waals surface area (Å²) in [7, 11) is 1.66. The van der Waals surface area contributed by atoms with Gasteiger partial charge in [0, 0.05) is 17.8 Å². The number of hydrogen-bond donors (Lipinski definition) is 1. The number of oxime groups is 1. The molecule has 2 fully saturated rings. The van der Waals surface area contributed by atoms with Crippen LogP contribution in [0.1, 0.15) is 36.2 Å². The fourth-order valence-corrected chi connectivity index (χ4v) is 5.60. The molecule has 7 rings (SSSR count). The van der Waals surface area contributed by atoms with Crippen LogP contribution in [0, 0.1) is 18.2 Å². The van der Waals surface area contributed by atoms with Gasteiger partial charge in [0.25, 0.3) is 5.72 Å². The minimum absolute atomic E-state index is 0.233. The number of hydrogen-bond acceptors (Lipinski definition) is 7. The number of amidine groups is 1. The van der Waals surface area contributed by atoms with Gasteiger partial charge in [0.05, 0.1) is 13.7 Å². The van der Waals surface area contributed by atoms with E-state index in [-0.39, 0.29) is 11.2 Å². The van der Waals surface area contributed by atoms with E-state index in [1.165, 1.54) is 25.0 Å². The molecule has 9 heteroatoms. The van der Waals surface area contributed by atoms with Crippen molar-refractivity contribution in [2.24, 2.45) is 10.6 Å². The lowest BCUT2D eigenvalue weighted by atomic mass is 9.86. The third-order valence-electron chi connectivity index (χ3n) is 7.60. The van der Waals surface area contributed by atoms with Crippen molar-refractivity contribution in [1.82, 2.24) is 19.7 Å². The van der Waals surface area contributed by atoms with Crippen molar-refractivity contribution in [3.8, 4) is 11.4 Å². The Bertz CT molecular complexity index is 1420. The Labute approximate surface area is 202 Å². The first kappa shape index (κ1) is 20.5. The monoisotopic (exact) mass is 472 g/mol. The molecule has 0 radical (unpaired) electrons. The molecule has 178 valence electrons. The normalized spacial score (nSPS) is 24.3. The van der Waals surface area contributed by atoms with Gasteiger partial charge in [-0.05, 0) is 79.1 Å². The number of rotatable bonds is 3. The van der Waals surface area contributed by atoms with Gasteiger partial charge in [-0.1, -0.05) is 11.2 Å².